The third-order valence-corrected chi connectivity index (χ3v) is 2.92. The van der Waals surface area contributed by atoms with Crippen LogP contribution in [0.5, 0.6) is 0 Å². The molecular formula is C11H17N3O. The Morgan fingerprint density at radius 2 is 2.33 bits per heavy atom. The Labute approximate surface area is 89.2 Å². The molecule has 0 atom stereocenters. The van der Waals surface area contributed by atoms with Gasteiger partial charge in [0, 0.05) is 18.0 Å². The first-order chi connectivity index (χ1) is 7.22. The van der Waals surface area contributed by atoms with Crippen molar-refractivity contribution in [3.05, 3.63) is 17.0 Å². The van der Waals surface area contributed by atoms with Crippen molar-refractivity contribution >= 4 is 5.91 Å². The van der Waals surface area contributed by atoms with E-state index < -0.39 is 0 Å². The van der Waals surface area contributed by atoms with Gasteiger partial charge in [-0.05, 0) is 31.2 Å². The Kier molecular flexibility index (Phi) is 2.75. The number of aromatic amines is 1. The van der Waals surface area contributed by atoms with Crippen molar-refractivity contribution < 1.29 is 4.79 Å². The van der Waals surface area contributed by atoms with Crippen molar-refractivity contribution in [3.63, 3.8) is 0 Å². The van der Waals surface area contributed by atoms with Gasteiger partial charge in [0.1, 0.15) is 0 Å². The number of nitrogens with two attached hydrogens (primary N) is 1. The first-order valence-corrected chi connectivity index (χ1v) is 5.56. The molecule has 1 aliphatic carbocycles. The molecule has 0 aromatic carbocycles. The Balaban J connectivity index is 2.16. The molecule has 0 aliphatic heterocycles. The Bertz CT molecular complexity index is 366. The maximum Gasteiger partial charge on any atom is 0.217 e. The maximum absolute atomic E-state index is 10.8. The fourth-order valence-electron chi connectivity index (χ4n) is 1.93. The number of aromatic nitrogens is 2. The van der Waals surface area contributed by atoms with E-state index in [2.05, 4.69) is 17.1 Å². The lowest BCUT2D eigenvalue weighted by Crippen LogP contribution is -2.12. The van der Waals surface area contributed by atoms with Gasteiger partial charge >= 0.3 is 0 Å². The first-order valence-electron chi connectivity index (χ1n) is 5.56. The van der Waals surface area contributed by atoms with E-state index >= 15 is 0 Å². The summed E-state index contributed by atoms with van der Waals surface area (Å²) in [5.74, 6) is 0.393. The minimum absolute atomic E-state index is 0.236. The van der Waals surface area contributed by atoms with E-state index in [-0.39, 0.29) is 5.91 Å². The molecule has 1 aromatic rings. The lowest BCUT2D eigenvalue weighted by molar-refractivity contribution is -0.117. The van der Waals surface area contributed by atoms with E-state index in [9.17, 15) is 4.79 Å². The van der Waals surface area contributed by atoms with Gasteiger partial charge in [-0.1, -0.05) is 6.92 Å². The second-order valence-corrected chi connectivity index (χ2v) is 4.16. The number of carbonyl (C=O) groups excluding carboxylic acids is 1. The predicted octanol–water partition coefficient (Wildman–Crippen LogP) is 1.27. The molecule has 0 radical (unpaired) electrons. The molecule has 1 aromatic heterocycles. The fraction of sp³-hybridized carbons (Fsp3) is 0.636. The van der Waals surface area contributed by atoms with Crippen LogP contribution in [0.25, 0.3) is 0 Å². The van der Waals surface area contributed by atoms with Crippen molar-refractivity contribution in [2.75, 3.05) is 0 Å². The SMILES string of the molecule is CCc1[nH]nc(C2CC2)c1CCC(N)=O. The van der Waals surface area contributed by atoms with E-state index in [0.717, 1.165) is 18.5 Å². The summed E-state index contributed by atoms with van der Waals surface area (Å²) in [7, 11) is 0. The molecule has 3 N–H and O–H groups in total. The molecule has 1 fully saturated rings. The third-order valence-electron chi connectivity index (χ3n) is 2.92. The van der Waals surface area contributed by atoms with E-state index in [1.165, 1.54) is 24.1 Å². The van der Waals surface area contributed by atoms with Crippen LogP contribution < -0.4 is 5.73 Å². The summed E-state index contributed by atoms with van der Waals surface area (Å²) in [6, 6.07) is 0. The van der Waals surface area contributed by atoms with Gasteiger partial charge in [-0.25, -0.2) is 0 Å². The summed E-state index contributed by atoms with van der Waals surface area (Å²) in [5.41, 5.74) is 8.75. The van der Waals surface area contributed by atoms with Crippen molar-refractivity contribution in [1.82, 2.24) is 10.2 Å². The quantitative estimate of drug-likeness (QED) is 0.763. The molecule has 0 bridgehead atoms. The van der Waals surface area contributed by atoms with Gasteiger partial charge in [-0.2, -0.15) is 5.10 Å². The number of hydrogen-bond donors (Lipinski definition) is 2. The molecule has 4 nitrogen and oxygen atoms in total. The zero-order valence-corrected chi connectivity index (χ0v) is 9.05. The molecule has 0 spiro atoms. The van der Waals surface area contributed by atoms with Crippen LogP contribution in [0.2, 0.25) is 0 Å². The molecule has 1 heterocycles. The summed E-state index contributed by atoms with van der Waals surface area (Å²) in [4.78, 5) is 10.8. The lowest BCUT2D eigenvalue weighted by atomic mass is 10.0. The predicted molar refractivity (Wildman–Crippen MR) is 57.5 cm³/mol. The topological polar surface area (TPSA) is 71.8 Å². The number of primary amides is 1. The number of amides is 1. The molecule has 0 saturated heterocycles. The molecule has 1 amide bonds. The van der Waals surface area contributed by atoms with Crippen LogP contribution in [0.4, 0.5) is 0 Å². The van der Waals surface area contributed by atoms with Crippen molar-refractivity contribution in [2.45, 2.75) is 44.9 Å². The highest BCUT2D eigenvalue weighted by molar-refractivity contribution is 5.74. The second-order valence-electron chi connectivity index (χ2n) is 4.16. The van der Waals surface area contributed by atoms with Crippen LogP contribution in [-0.2, 0) is 17.6 Å². The van der Waals surface area contributed by atoms with Crippen LogP contribution >= 0.6 is 0 Å². The number of nitrogens with zero attached hydrogens (tertiary/aromatic N) is 1. The highest BCUT2D eigenvalue weighted by atomic mass is 16.1. The van der Waals surface area contributed by atoms with Crippen LogP contribution in [0.15, 0.2) is 0 Å². The largest absolute Gasteiger partial charge is 0.370 e. The summed E-state index contributed by atoms with van der Waals surface area (Å²) < 4.78 is 0. The summed E-state index contributed by atoms with van der Waals surface area (Å²) in [6.07, 6.45) is 4.57. The first kappa shape index (κ1) is 10.2. The second kappa shape index (κ2) is 4.04. The molecule has 0 unspecified atom stereocenters. The van der Waals surface area contributed by atoms with Crippen molar-refractivity contribution in [1.29, 1.82) is 0 Å². The van der Waals surface area contributed by atoms with Gasteiger partial charge in [-0.15, -0.1) is 0 Å². The molecular weight excluding hydrogens is 190 g/mol. The van der Waals surface area contributed by atoms with Gasteiger partial charge in [0.2, 0.25) is 5.91 Å². The number of nitrogens with one attached hydrogen (secondary N) is 1. The van der Waals surface area contributed by atoms with Gasteiger partial charge in [-0.3, -0.25) is 9.89 Å². The highest BCUT2D eigenvalue weighted by Gasteiger charge is 2.29. The van der Waals surface area contributed by atoms with Crippen molar-refractivity contribution in [2.24, 2.45) is 5.73 Å². The smallest absolute Gasteiger partial charge is 0.217 e. The minimum atomic E-state index is -0.236. The van der Waals surface area contributed by atoms with Crippen LogP contribution in [0.1, 0.15) is 49.1 Å². The Morgan fingerprint density at radius 1 is 1.60 bits per heavy atom. The zero-order chi connectivity index (χ0) is 10.8. The van der Waals surface area contributed by atoms with Gasteiger partial charge in [0.05, 0.1) is 5.69 Å². The third kappa shape index (κ3) is 2.19. The average Bonchev–Trinajstić information content (AvgIpc) is 2.96. The normalized spacial score (nSPS) is 15.5. The molecule has 82 valence electrons. The van der Waals surface area contributed by atoms with E-state index in [4.69, 9.17) is 5.73 Å². The molecule has 1 aliphatic rings. The summed E-state index contributed by atoms with van der Waals surface area (Å²) >= 11 is 0. The van der Waals surface area contributed by atoms with E-state index in [1.54, 1.807) is 0 Å². The number of aryl methyl sites for hydroxylation is 1. The maximum atomic E-state index is 10.8. The molecule has 4 heteroatoms. The van der Waals surface area contributed by atoms with E-state index in [1.807, 2.05) is 0 Å². The molecule has 2 rings (SSSR count). The number of carbonyl (C=O) groups is 1. The van der Waals surface area contributed by atoms with Gasteiger partial charge < -0.3 is 5.73 Å². The molecule has 1 saturated carbocycles. The lowest BCUT2D eigenvalue weighted by Gasteiger charge is -2.02. The fourth-order valence-corrected chi connectivity index (χ4v) is 1.93. The van der Waals surface area contributed by atoms with Gasteiger partial charge in [0.15, 0.2) is 0 Å². The average molecular weight is 207 g/mol. The molecule has 15 heavy (non-hydrogen) atoms. The zero-order valence-electron chi connectivity index (χ0n) is 9.05. The monoisotopic (exact) mass is 207 g/mol. The van der Waals surface area contributed by atoms with Crippen LogP contribution in [0.3, 0.4) is 0 Å². The number of H-pyrrole nitrogens is 1. The van der Waals surface area contributed by atoms with Crippen LogP contribution in [-0.4, -0.2) is 16.1 Å². The van der Waals surface area contributed by atoms with E-state index in [0.29, 0.717) is 12.3 Å². The number of hydrogen-bond acceptors (Lipinski definition) is 2. The van der Waals surface area contributed by atoms with Crippen molar-refractivity contribution in [3.8, 4) is 0 Å². The Hall–Kier alpha value is -1.32. The van der Waals surface area contributed by atoms with Crippen LogP contribution in [0, 0.1) is 0 Å². The standard InChI is InChI=1S/C11H17N3O/c1-2-9-8(5-6-10(12)15)11(14-13-9)7-3-4-7/h7H,2-6H2,1H3,(H2,12,15)(H,13,14). The summed E-state index contributed by atoms with van der Waals surface area (Å²) in [6.45, 7) is 2.10. The Morgan fingerprint density at radius 3 is 2.87 bits per heavy atom. The highest BCUT2D eigenvalue weighted by Crippen LogP contribution is 2.41. The number of rotatable bonds is 5. The van der Waals surface area contributed by atoms with Gasteiger partial charge in [0.25, 0.3) is 0 Å². The minimum Gasteiger partial charge on any atom is -0.370 e. The summed E-state index contributed by atoms with van der Waals surface area (Å²) in [5, 5.41) is 7.42.